The molecule has 2 nitrogen and oxygen atoms in total. The van der Waals surface area contributed by atoms with Crippen molar-refractivity contribution in [3.05, 3.63) is 0 Å². The van der Waals surface area contributed by atoms with E-state index in [0.29, 0.717) is 12.3 Å². The number of unbranched alkanes of at least 4 members (excludes halogenated alkanes) is 24. The van der Waals surface area contributed by atoms with Gasteiger partial charge in [-0.15, -0.1) is 0 Å². The lowest BCUT2D eigenvalue weighted by molar-refractivity contribution is -0.171. The summed E-state index contributed by atoms with van der Waals surface area (Å²) in [6.07, 6.45) is 43.4. The normalized spacial score (nSPS) is 12.3. The van der Waals surface area contributed by atoms with Gasteiger partial charge >= 0.3 is 5.97 Å². The van der Waals surface area contributed by atoms with E-state index in [1.165, 1.54) is 193 Å². The van der Waals surface area contributed by atoms with Crippen molar-refractivity contribution in [1.29, 1.82) is 0 Å². The Kier molecular flexibility index (Phi) is 38.4. The van der Waals surface area contributed by atoms with Gasteiger partial charge < -0.3 is 4.74 Å². The Bertz CT molecular complexity index is 565. The third-order valence-electron chi connectivity index (χ3n) is 10.3. The molecule has 0 heterocycles. The molecule has 0 aromatic carbocycles. The van der Waals surface area contributed by atoms with E-state index in [4.69, 9.17) is 4.74 Å². The zero-order valence-electron chi connectivity index (χ0n) is 32.1. The summed E-state index contributed by atoms with van der Waals surface area (Å²) in [4.78, 5) is 13.6. The van der Waals surface area contributed by atoms with Crippen LogP contribution in [0.4, 0.5) is 0 Å². The zero-order chi connectivity index (χ0) is 32.4. The first-order chi connectivity index (χ1) is 21.6. The van der Waals surface area contributed by atoms with Crippen molar-refractivity contribution in [2.24, 2.45) is 5.92 Å². The number of ether oxygens (including phenoxy) is 1. The van der Waals surface area contributed by atoms with Crippen LogP contribution in [0.15, 0.2) is 0 Å². The number of hydrogen-bond donors (Lipinski definition) is 0. The minimum absolute atomic E-state index is 0. The minimum Gasteiger partial charge on any atom is -0.459 e. The molecule has 0 N–H and O–H groups in total. The summed E-state index contributed by atoms with van der Waals surface area (Å²) in [6, 6.07) is 0. The SMILES string of the molecule is CCCCCCCCCCCCC(CCCCCC)C(CCCCCC)(CCCCCC)OC(=O)CCCCCCCCC.P. The van der Waals surface area contributed by atoms with Crippen molar-refractivity contribution in [2.45, 2.75) is 259 Å². The highest BCUT2D eigenvalue weighted by Crippen LogP contribution is 2.41. The predicted molar refractivity (Wildman–Crippen MR) is 209 cm³/mol. The summed E-state index contributed by atoms with van der Waals surface area (Å²) in [5.41, 5.74) is -0.231. The molecule has 0 saturated heterocycles. The standard InChI is InChI=1S/C42H84O2.H3P/c1-6-11-16-21-23-24-25-27-28-31-36-40(35-30-18-13-8-3)42(38-33-19-14-9-4,39-34-20-15-10-5)44-41(43)37-32-29-26-22-17-12-7-2;/h40H,6-39H2,1-5H3;1H3. The fraction of sp³-hybridized carbons (Fsp3) is 0.976. The van der Waals surface area contributed by atoms with Crippen molar-refractivity contribution in [3.8, 4) is 0 Å². The van der Waals surface area contributed by atoms with Gasteiger partial charge in [-0.1, -0.05) is 202 Å². The first-order valence-electron chi connectivity index (χ1n) is 20.8. The van der Waals surface area contributed by atoms with Gasteiger partial charge in [-0.05, 0) is 50.9 Å². The van der Waals surface area contributed by atoms with Crippen molar-refractivity contribution in [1.82, 2.24) is 0 Å². The van der Waals surface area contributed by atoms with Gasteiger partial charge in [0.2, 0.25) is 0 Å². The van der Waals surface area contributed by atoms with Crippen LogP contribution in [0.1, 0.15) is 253 Å². The molecule has 0 bridgehead atoms. The second kappa shape index (κ2) is 36.7. The summed E-state index contributed by atoms with van der Waals surface area (Å²) < 4.78 is 6.87. The molecule has 0 amide bonds. The Morgan fingerprint density at radius 2 is 0.711 bits per heavy atom. The molecule has 0 radical (unpaired) electrons. The molecule has 0 aliphatic carbocycles. The Morgan fingerprint density at radius 1 is 0.422 bits per heavy atom. The fourth-order valence-electron chi connectivity index (χ4n) is 7.29. The van der Waals surface area contributed by atoms with Gasteiger partial charge in [0.05, 0.1) is 0 Å². The van der Waals surface area contributed by atoms with Crippen molar-refractivity contribution >= 4 is 15.9 Å². The second-order valence-electron chi connectivity index (χ2n) is 14.5. The van der Waals surface area contributed by atoms with E-state index < -0.39 is 0 Å². The number of carbonyl (C=O) groups excluding carboxylic acids is 1. The van der Waals surface area contributed by atoms with E-state index in [0.717, 1.165) is 19.3 Å². The van der Waals surface area contributed by atoms with E-state index >= 15 is 0 Å². The summed E-state index contributed by atoms with van der Waals surface area (Å²) in [6.45, 7) is 11.5. The summed E-state index contributed by atoms with van der Waals surface area (Å²) >= 11 is 0. The van der Waals surface area contributed by atoms with E-state index in [1.54, 1.807) is 0 Å². The van der Waals surface area contributed by atoms with Crippen molar-refractivity contribution in [3.63, 3.8) is 0 Å². The smallest absolute Gasteiger partial charge is 0.306 e. The minimum atomic E-state index is -0.231. The lowest BCUT2D eigenvalue weighted by Gasteiger charge is -2.41. The van der Waals surface area contributed by atoms with Crippen LogP contribution in [-0.4, -0.2) is 11.6 Å². The lowest BCUT2D eigenvalue weighted by Crippen LogP contribution is -2.43. The predicted octanol–water partition coefficient (Wildman–Crippen LogP) is 15.3. The molecule has 45 heavy (non-hydrogen) atoms. The summed E-state index contributed by atoms with van der Waals surface area (Å²) in [5.74, 6) is 0.654. The molecule has 0 spiro atoms. The van der Waals surface area contributed by atoms with Crippen LogP contribution in [0.5, 0.6) is 0 Å². The molecule has 0 aromatic heterocycles. The number of hydrogen-bond acceptors (Lipinski definition) is 2. The molecular formula is C42H87O2P. The second-order valence-corrected chi connectivity index (χ2v) is 14.5. The Balaban J connectivity index is 0. The first-order valence-corrected chi connectivity index (χ1v) is 20.8. The third kappa shape index (κ3) is 28.6. The van der Waals surface area contributed by atoms with E-state index in [2.05, 4.69) is 34.6 Å². The Morgan fingerprint density at radius 3 is 1.09 bits per heavy atom. The van der Waals surface area contributed by atoms with Crippen LogP contribution in [0, 0.1) is 5.92 Å². The Hall–Kier alpha value is -0.100. The van der Waals surface area contributed by atoms with E-state index in [-0.39, 0.29) is 21.5 Å². The fourth-order valence-corrected chi connectivity index (χ4v) is 7.29. The zero-order valence-corrected chi connectivity index (χ0v) is 33.6. The van der Waals surface area contributed by atoms with Gasteiger partial charge in [-0.25, -0.2) is 0 Å². The van der Waals surface area contributed by atoms with Crippen LogP contribution >= 0.6 is 9.90 Å². The van der Waals surface area contributed by atoms with E-state index in [1.807, 2.05) is 0 Å². The first kappa shape index (κ1) is 47.0. The molecule has 2 unspecified atom stereocenters. The van der Waals surface area contributed by atoms with Gasteiger partial charge in [0, 0.05) is 6.42 Å². The molecule has 0 fully saturated rings. The van der Waals surface area contributed by atoms with Gasteiger partial charge in [0.1, 0.15) is 5.60 Å². The van der Waals surface area contributed by atoms with Crippen LogP contribution in [-0.2, 0) is 9.53 Å². The molecule has 0 aliphatic rings. The van der Waals surface area contributed by atoms with Crippen molar-refractivity contribution < 1.29 is 9.53 Å². The van der Waals surface area contributed by atoms with Crippen LogP contribution in [0.25, 0.3) is 0 Å². The van der Waals surface area contributed by atoms with Gasteiger partial charge in [0.25, 0.3) is 0 Å². The van der Waals surface area contributed by atoms with Crippen LogP contribution in [0.2, 0.25) is 0 Å². The largest absolute Gasteiger partial charge is 0.459 e. The topological polar surface area (TPSA) is 26.3 Å². The maximum atomic E-state index is 13.6. The molecule has 0 aromatic rings. The number of esters is 1. The molecule has 272 valence electrons. The third-order valence-corrected chi connectivity index (χ3v) is 10.3. The van der Waals surface area contributed by atoms with Gasteiger partial charge in [0.15, 0.2) is 0 Å². The molecule has 0 saturated carbocycles. The highest BCUT2D eigenvalue weighted by Gasteiger charge is 2.40. The Labute approximate surface area is 289 Å². The number of rotatable bonds is 36. The highest BCUT2D eigenvalue weighted by molar-refractivity contribution is 6.92. The van der Waals surface area contributed by atoms with Gasteiger partial charge in [-0.2, -0.15) is 9.90 Å². The van der Waals surface area contributed by atoms with Crippen LogP contribution in [0.3, 0.4) is 0 Å². The molecular weight excluding hydrogens is 567 g/mol. The molecule has 0 rings (SSSR count). The van der Waals surface area contributed by atoms with E-state index in [9.17, 15) is 4.79 Å². The molecule has 3 heteroatoms. The summed E-state index contributed by atoms with van der Waals surface area (Å²) in [7, 11) is 0. The number of carbonyl (C=O) groups is 1. The van der Waals surface area contributed by atoms with Crippen LogP contribution < -0.4 is 0 Å². The van der Waals surface area contributed by atoms with Gasteiger partial charge in [-0.3, -0.25) is 4.79 Å². The quantitative estimate of drug-likeness (QED) is 0.0382. The van der Waals surface area contributed by atoms with Crippen molar-refractivity contribution in [2.75, 3.05) is 0 Å². The molecule has 2 atom stereocenters. The lowest BCUT2D eigenvalue weighted by atomic mass is 9.73. The maximum Gasteiger partial charge on any atom is 0.306 e. The average Bonchev–Trinajstić information content (AvgIpc) is 3.02. The molecule has 0 aliphatic heterocycles. The average molecular weight is 655 g/mol. The monoisotopic (exact) mass is 655 g/mol. The summed E-state index contributed by atoms with van der Waals surface area (Å²) in [5, 5.41) is 0. The highest BCUT2D eigenvalue weighted by atomic mass is 31.0. The maximum absolute atomic E-state index is 13.6.